The van der Waals surface area contributed by atoms with Crippen molar-refractivity contribution in [1.29, 1.82) is 0 Å². The van der Waals surface area contributed by atoms with Gasteiger partial charge in [-0.1, -0.05) is 13.3 Å². The van der Waals surface area contributed by atoms with Crippen LogP contribution in [0.2, 0.25) is 0 Å². The summed E-state index contributed by atoms with van der Waals surface area (Å²) in [6.07, 6.45) is 11.2. The maximum absolute atomic E-state index is 4.39. The van der Waals surface area contributed by atoms with Gasteiger partial charge in [-0.2, -0.15) is 0 Å². The summed E-state index contributed by atoms with van der Waals surface area (Å²) in [5, 5.41) is 7.07. The largest absolute Gasteiger partial charge is 0.356 e. The van der Waals surface area contributed by atoms with Crippen LogP contribution < -0.4 is 10.6 Å². The first-order valence-electron chi connectivity index (χ1n) is 9.43. The van der Waals surface area contributed by atoms with Crippen LogP contribution in [0.15, 0.2) is 4.99 Å². The Hall–Kier alpha value is -0.770. The lowest BCUT2D eigenvalue weighted by Gasteiger charge is -2.41. The van der Waals surface area contributed by atoms with Gasteiger partial charge in [-0.25, -0.2) is 0 Å². The van der Waals surface area contributed by atoms with Crippen LogP contribution in [0.1, 0.15) is 58.3 Å². The van der Waals surface area contributed by atoms with E-state index < -0.39 is 0 Å². The van der Waals surface area contributed by atoms with Crippen molar-refractivity contribution in [2.75, 3.05) is 33.2 Å². The van der Waals surface area contributed by atoms with Crippen molar-refractivity contribution >= 4 is 5.96 Å². The lowest BCUT2D eigenvalue weighted by molar-refractivity contribution is 0.131. The van der Waals surface area contributed by atoms with E-state index in [0.717, 1.165) is 31.0 Å². The topological polar surface area (TPSA) is 39.7 Å². The van der Waals surface area contributed by atoms with E-state index in [4.69, 9.17) is 0 Å². The molecule has 0 aliphatic heterocycles. The maximum atomic E-state index is 4.39. The van der Waals surface area contributed by atoms with E-state index in [9.17, 15) is 0 Å². The molecule has 2 N–H and O–H groups in total. The van der Waals surface area contributed by atoms with Crippen LogP contribution in [0.5, 0.6) is 0 Å². The average molecular weight is 306 g/mol. The van der Waals surface area contributed by atoms with Crippen LogP contribution in [0.25, 0.3) is 0 Å². The summed E-state index contributed by atoms with van der Waals surface area (Å²) in [6.45, 7) is 6.92. The van der Waals surface area contributed by atoms with Crippen LogP contribution in [0.4, 0.5) is 0 Å². The van der Waals surface area contributed by atoms with Gasteiger partial charge in [0.05, 0.1) is 0 Å². The summed E-state index contributed by atoms with van der Waals surface area (Å²) in [4.78, 5) is 7.10. The molecule has 0 aromatic heterocycles. The molecule has 126 valence electrons. The minimum absolute atomic E-state index is 0.545. The van der Waals surface area contributed by atoms with E-state index in [1.54, 1.807) is 0 Å². The molecular weight excluding hydrogens is 272 g/mol. The Balaban J connectivity index is 1.35. The first-order valence-corrected chi connectivity index (χ1v) is 9.43. The molecule has 0 aromatic carbocycles. The van der Waals surface area contributed by atoms with E-state index in [1.807, 2.05) is 7.05 Å². The molecule has 3 fully saturated rings. The fourth-order valence-electron chi connectivity index (χ4n) is 3.64. The Morgan fingerprint density at radius 1 is 1.18 bits per heavy atom. The second kappa shape index (κ2) is 7.20. The lowest BCUT2D eigenvalue weighted by atomic mass is 9.67. The van der Waals surface area contributed by atoms with E-state index in [-0.39, 0.29) is 0 Å². The molecule has 0 bridgehead atoms. The first kappa shape index (κ1) is 16.1. The van der Waals surface area contributed by atoms with Gasteiger partial charge in [-0.05, 0) is 56.3 Å². The third kappa shape index (κ3) is 4.37. The molecule has 0 saturated heterocycles. The summed E-state index contributed by atoms with van der Waals surface area (Å²) in [5.74, 6) is 1.99. The monoisotopic (exact) mass is 306 g/mol. The van der Waals surface area contributed by atoms with Gasteiger partial charge in [0.15, 0.2) is 5.96 Å². The molecule has 3 aliphatic carbocycles. The Kier molecular flexibility index (Phi) is 5.27. The highest BCUT2D eigenvalue weighted by molar-refractivity contribution is 5.79. The molecule has 4 nitrogen and oxygen atoms in total. The van der Waals surface area contributed by atoms with Crippen molar-refractivity contribution in [2.45, 2.75) is 64.3 Å². The minimum Gasteiger partial charge on any atom is -0.356 e. The van der Waals surface area contributed by atoms with Gasteiger partial charge in [0.2, 0.25) is 0 Å². The van der Waals surface area contributed by atoms with Crippen molar-refractivity contribution in [1.82, 2.24) is 15.5 Å². The zero-order chi connectivity index (χ0) is 15.4. The summed E-state index contributed by atoms with van der Waals surface area (Å²) in [5.41, 5.74) is 0.545. The number of nitrogens with zero attached hydrogens (tertiary/aromatic N) is 2. The number of hydrogen-bond acceptors (Lipinski definition) is 2. The molecular formula is C18H34N4. The lowest BCUT2D eigenvalue weighted by Crippen LogP contribution is -2.47. The van der Waals surface area contributed by atoms with Crippen molar-refractivity contribution in [3.05, 3.63) is 0 Å². The smallest absolute Gasteiger partial charge is 0.191 e. The number of aliphatic imine (C=N–C) groups is 1. The molecule has 0 atom stereocenters. The van der Waals surface area contributed by atoms with Gasteiger partial charge in [0.1, 0.15) is 0 Å². The first-order chi connectivity index (χ1) is 10.7. The highest BCUT2D eigenvalue weighted by Gasteiger charge is 2.35. The average Bonchev–Trinajstić information content (AvgIpc) is 3.37. The summed E-state index contributed by atoms with van der Waals surface area (Å²) in [7, 11) is 1.89. The van der Waals surface area contributed by atoms with Crippen LogP contribution in [0, 0.1) is 11.3 Å². The van der Waals surface area contributed by atoms with E-state index in [2.05, 4.69) is 27.4 Å². The third-order valence-corrected chi connectivity index (χ3v) is 5.96. The van der Waals surface area contributed by atoms with Crippen molar-refractivity contribution in [3.63, 3.8) is 0 Å². The highest BCUT2D eigenvalue weighted by Crippen LogP contribution is 2.43. The number of nitrogens with one attached hydrogen (secondary N) is 2. The Labute approximate surface area is 136 Å². The minimum atomic E-state index is 0.545. The molecule has 3 aliphatic rings. The van der Waals surface area contributed by atoms with Crippen molar-refractivity contribution in [2.24, 2.45) is 16.3 Å². The van der Waals surface area contributed by atoms with E-state index in [1.165, 1.54) is 64.5 Å². The van der Waals surface area contributed by atoms with Gasteiger partial charge in [-0.15, -0.1) is 0 Å². The zero-order valence-electron chi connectivity index (χ0n) is 14.5. The summed E-state index contributed by atoms with van der Waals surface area (Å²) < 4.78 is 0. The van der Waals surface area contributed by atoms with Crippen LogP contribution in [-0.4, -0.2) is 50.1 Å². The molecule has 0 unspecified atom stereocenters. The predicted octanol–water partition coefficient (Wildman–Crippen LogP) is 2.61. The quantitative estimate of drug-likeness (QED) is 0.508. The molecule has 0 spiro atoms. The van der Waals surface area contributed by atoms with Crippen LogP contribution >= 0.6 is 0 Å². The van der Waals surface area contributed by atoms with Gasteiger partial charge in [-0.3, -0.25) is 9.89 Å². The molecule has 3 rings (SSSR count). The SMILES string of the molecule is CCC1(CNC(=NC)NCCN(CC2CC2)C2CC2)CCC1. The Morgan fingerprint density at radius 2 is 1.95 bits per heavy atom. The highest BCUT2D eigenvalue weighted by atomic mass is 15.2. The fraction of sp³-hybridized carbons (Fsp3) is 0.944. The van der Waals surface area contributed by atoms with Crippen molar-refractivity contribution < 1.29 is 0 Å². The van der Waals surface area contributed by atoms with Gasteiger partial charge in [0.25, 0.3) is 0 Å². The zero-order valence-corrected chi connectivity index (χ0v) is 14.5. The van der Waals surface area contributed by atoms with Gasteiger partial charge in [0, 0.05) is 39.3 Å². The number of rotatable bonds is 9. The Bertz CT molecular complexity index is 375. The summed E-state index contributed by atoms with van der Waals surface area (Å²) in [6, 6.07) is 0.885. The van der Waals surface area contributed by atoms with Crippen LogP contribution in [0.3, 0.4) is 0 Å². The maximum Gasteiger partial charge on any atom is 0.191 e. The molecule has 0 heterocycles. The van der Waals surface area contributed by atoms with Gasteiger partial charge < -0.3 is 10.6 Å². The normalized spacial score (nSPS) is 24.2. The fourth-order valence-corrected chi connectivity index (χ4v) is 3.64. The molecule has 4 heteroatoms. The number of hydrogen-bond donors (Lipinski definition) is 2. The second-order valence-corrected chi connectivity index (χ2v) is 7.73. The molecule has 3 saturated carbocycles. The predicted molar refractivity (Wildman–Crippen MR) is 93.3 cm³/mol. The van der Waals surface area contributed by atoms with E-state index in [0.29, 0.717) is 5.41 Å². The van der Waals surface area contributed by atoms with Crippen LogP contribution in [-0.2, 0) is 0 Å². The molecule has 0 aromatic rings. The molecule has 22 heavy (non-hydrogen) atoms. The van der Waals surface area contributed by atoms with Gasteiger partial charge >= 0.3 is 0 Å². The second-order valence-electron chi connectivity index (χ2n) is 7.73. The van der Waals surface area contributed by atoms with E-state index >= 15 is 0 Å². The molecule has 0 radical (unpaired) electrons. The Morgan fingerprint density at radius 3 is 2.45 bits per heavy atom. The summed E-state index contributed by atoms with van der Waals surface area (Å²) >= 11 is 0. The van der Waals surface area contributed by atoms with Crippen molar-refractivity contribution in [3.8, 4) is 0 Å². The standard InChI is InChI=1S/C18H34N4/c1-3-18(9-4-10-18)14-21-17(19-2)20-11-12-22(16-7-8-16)13-15-5-6-15/h15-16H,3-14H2,1-2H3,(H2,19,20,21). The third-order valence-electron chi connectivity index (χ3n) is 5.96. The number of guanidine groups is 1. The molecule has 0 amide bonds.